The molecule has 5 rings (SSSR count). The first-order valence-electron chi connectivity index (χ1n) is 13.6. The monoisotopic (exact) mass is 542 g/mol. The summed E-state index contributed by atoms with van der Waals surface area (Å²) in [4.78, 5) is 30.9. The zero-order valence-corrected chi connectivity index (χ0v) is 23.0. The van der Waals surface area contributed by atoms with E-state index in [1.165, 1.54) is 12.1 Å². The number of aromatic nitrogens is 2. The maximum Gasteiger partial charge on any atom is 0.276 e. The highest BCUT2D eigenvalue weighted by molar-refractivity contribution is 5.78. The number of hydrogen-bond acceptors (Lipinski definition) is 4. The Bertz CT molecular complexity index is 1500. The smallest absolute Gasteiger partial charge is 0.276 e. The molecule has 1 amide bonds. The summed E-state index contributed by atoms with van der Waals surface area (Å²) in [6.07, 6.45) is 0.439. The van der Waals surface area contributed by atoms with Crippen molar-refractivity contribution in [2.75, 3.05) is 26.2 Å². The zero-order chi connectivity index (χ0) is 28.1. The van der Waals surface area contributed by atoms with Crippen molar-refractivity contribution in [1.82, 2.24) is 19.2 Å². The highest BCUT2D eigenvalue weighted by Crippen LogP contribution is 2.17. The summed E-state index contributed by atoms with van der Waals surface area (Å²) in [7, 11) is 1.87. The summed E-state index contributed by atoms with van der Waals surface area (Å²) in [5.74, 6) is -0.303. The van der Waals surface area contributed by atoms with Gasteiger partial charge in [-0.1, -0.05) is 60.7 Å². The predicted molar refractivity (Wildman–Crippen MR) is 153 cm³/mol. The third-order valence-electron chi connectivity index (χ3n) is 7.54. The molecule has 208 valence electrons. The van der Waals surface area contributed by atoms with Gasteiger partial charge >= 0.3 is 0 Å². The molecule has 4 aromatic rings. The van der Waals surface area contributed by atoms with Gasteiger partial charge in [0.05, 0.1) is 30.5 Å². The molecule has 0 aliphatic carbocycles. The van der Waals surface area contributed by atoms with Gasteiger partial charge in [-0.3, -0.25) is 19.2 Å². The number of carbonyl (C=O) groups excluding carboxylic acids is 1. The average Bonchev–Trinajstić information content (AvgIpc) is 3.07. The first-order valence-corrected chi connectivity index (χ1v) is 13.6. The van der Waals surface area contributed by atoms with Crippen molar-refractivity contribution in [2.24, 2.45) is 7.05 Å². The lowest BCUT2D eigenvalue weighted by molar-refractivity contribution is -0.131. The molecule has 2 heterocycles. The lowest BCUT2D eigenvalue weighted by atomic mass is 10.1. The Labute approximate surface area is 234 Å². The summed E-state index contributed by atoms with van der Waals surface area (Å²) >= 11 is 0. The van der Waals surface area contributed by atoms with Crippen LogP contribution in [-0.4, -0.2) is 57.4 Å². The Morgan fingerprint density at radius 1 is 0.900 bits per heavy atom. The molecule has 0 saturated carbocycles. The van der Waals surface area contributed by atoms with E-state index in [1.54, 1.807) is 10.7 Å². The van der Waals surface area contributed by atoms with Gasteiger partial charge in [0.15, 0.2) is 0 Å². The molecule has 8 heteroatoms. The quantitative estimate of drug-likeness (QED) is 0.320. The lowest BCUT2D eigenvalue weighted by Gasteiger charge is -2.25. The highest BCUT2D eigenvalue weighted by atomic mass is 19.1. The number of benzene rings is 3. The summed E-state index contributed by atoms with van der Waals surface area (Å²) in [6.45, 7) is 4.16. The van der Waals surface area contributed by atoms with Gasteiger partial charge in [0.2, 0.25) is 5.91 Å². The molecule has 1 aromatic heterocycles. The molecule has 0 bridgehead atoms. The summed E-state index contributed by atoms with van der Waals surface area (Å²) in [5.41, 5.74) is 4.10. The summed E-state index contributed by atoms with van der Waals surface area (Å²) in [6, 6.07) is 26.0. The fraction of sp³-hybridized carbons (Fsp3) is 0.312. The van der Waals surface area contributed by atoms with E-state index in [1.807, 2.05) is 83.1 Å². The van der Waals surface area contributed by atoms with Crippen LogP contribution in [0.1, 0.15) is 22.4 Å². The first kappa shape index (κ1) is 27.6. The van der Waals surface area contributed by atoms with Crippen LogP contribution in [0.15, 0.2) is 89.7 Å². The normalized spacial score (nSPS) is 16.3. The molecule has 1 aliphatic heterocycles. The van der Waals surface area contributed by atoms with Gasteiger partial charge in [0.1, 0.15) is 5.82 Å². The third kappa shape index (κ3) is 6.41. The largest absolute Gasteiger partial charge is 0.370 e. The van der Waals surface area contributed by atoms with Crippen LogP contribution in [0.3, 0.4) is 0 Å². The number of para-hydroxylation sites is 1. The van der Waals surface area contributed by atoms with E-state index in [0.29, 0.717) is 31.7 Å². The predicted octanol–water partition coefficient (Wildman–Crippen LogP) is 4.10. The van der Waals surface area contributed by atoms with E-state index in [0.717, 1.165) is 28.9 Å². The van der Waals surface area contributed by atoms with Crippen LogP contribution < -0.4 is 5.56 Å². The molecule has 1 saturated heterocycles. The number of carbonyl (C=O) groups is 1. The minimum Gasteiger partial charge on any atom is -0.370 e. The molecule has 7 nitrogen and oxygen atoms in total. The van der Waals surface area contributed by atoms with Gasteiger partial charge in [0.25, 0.3) is 5.56 Å². The number of amides is 1. The second-order valence-corrected chi connectivity index (χ2v) is 10.3. The number of halogens is 1. The van der Waals surface area contributed by atoms with Crippen LogP contribution >= 0.6 is 0 Å². The van der Waals surface area contributed by atoms with Gasteiger partial charge in [0, 0.05) is 38.9 Å². The standard InChI is InChI=1S/C32H35FN4O3/c1-24-30(32(39)37(34(24)2)28-14-7-4-8-15-28)21-35-19-29(40-23-26-12-9-13-27(33)18-26)20-36(31(38)22-35)17-16-25-10-5-3-6-11-25/h3-15,18,29H,16-17,19-23H2,1-2H3/t29-/m1/s1. The van der Waals surface area contributed by atoms with E-state index < -0.39 is 0 Å². The van der Waals surface area contributed by atoms with Crippen LogP contribution in [0.5, 0.6) is 0 Å². The van der Waals surface area contributed by atoms with Crippen molar-refractivity contribution >= 4 is 5.91 Å². The molecule has 0 radical (unpaired) electrons. The van der Waals surface area contributed by atoms with Gasteiger partial charge < -0.3 is 9.64 Å². The van der Waals surface area contributed by atoms with Gasteiger partial charge in [-0.25, -0.2) is 9.07 Å². The average molecular weight is 543 g/mol. The minimum absolute atomic E-state index is 0.00440. The SMILES string of the molecule is Cc1c(CN2CC(=O)N(CCc3ccccc3)C[C@H](OCc3cccc(F)c3)C2)c(=O)n(-c2ccccc2)n1C. The van der Waals surface area contributed by atoms with E-state index >= 15 is 0 Å². The maximum atomic E-state index is 13.8. The Hall–Kier alpha value is -4.01. The molecule has 0 unspecified atom stereocenters. The van der Waals surface area contributed by atoms with Crippen molar-refractivity contribution in [2.45, 2.75) is 32.6 Å². The highest BCUT2D eigenvalue weighted by Gasteiger charge is 2.30. The van der Waals surface area contributed by atoms with Crippen molar-refractivity contribution in [3.8, 4) is 5.69 Å². The Morgan fingerprint density at radius 3 is 2.33 bits per heavy atom. The van der Waals surface area contributed by atoms with Crippen LogP contribution in [0.2, 0.25) is 0 Å². The zero-order valence-electron chi connectivity index (χ0n) is 23.0. The minimum atomic E-state index is -0.308. The van der Waals surface area contributed by atoms with E-state index in [-0.39, 0.29) is 36.5 Å². The molecule has 0 spiro atoms. The van der Waals surface area contributed by atoms with Gasteiger partial charge in [-0.15, -0.1) is 0 Å². The Morgan fingerprint density at radius 2 is 1.60 bits per heavy atom. The number of nitrogens with zero attached hydrogens (tertiary/aromatic N) is 4. The van der Waals surface area contributed by atoms with Crippen molar-refractivity contribution < 1.29 is 13.9 Å². The number of rotatable bonds is 9. The second-order valence-electron chi connectivity index (χ2n) is 10.3. The number of ether oxygens (including phenoxy) is 1. The Balaban J connectivity index is 1.37. The Kier molecular flexibility index (Phi) is 8.57. The molecule has 1 atom stereocenters. The van der Waals surface area contributed by atoms with Crippen molar-refractivity contribution in [3.63, 3.8) is 0 Å². The van der Waals surface area contributed by atoms with Gasteiger partial charge in [-0.05, 0) is 48.7 Å². The summed E-state index contributed by atoms with van der Waals surface area (Å²) < 4.78 is 23.5. The van der Waals surface area contributed by atoms with Crippen molar-refractivity contribution in [1.29, 1.82) is 0 Å². The molecular formula is C32H35FN4O3. The molecule has 40 heavy (non-hydrogen) atoms. The molecule has 0 N–H and O–H groups in total. The maximum absolute atomic E-state index is 13.8. The topological polar surface area (TPSA) is 59.7 Å². The molecule has 1 fully saturated rings. The van der Waals surface area contributed by atoms with Gasteiger partial charge in [-0.2, -0.15) is 0 Å². The lowest BCUT2D eigenvalue weighted by Crippen LogP contribution is -2.39. The second kappa shape index (κ2) is 12.4. The van der Waals surface area contributed by atoms with Crippen molar-refractivity contribution in [3.05, 3.63) is 123 Å². The first-order chi connectivity index (χ1) is 19.4. The van der Waals surface area contributed by atoms with Crippen LogP contribution in [0.25, 0.3) is 5.69 Å². The van der Waals surface area contributed by atoms with Crippen LogP contribution in [0, 0.1) is 12.7 Å². The molecule has 1 aliphatic rings. The fourth-order valence-corrected chi connectivity index (χ4v) is 5.27. The molecular weight excluding hydrogens is 507 g/mol. The van der Waals surface area contributed by atoms with Crippen LogP contribution in [0.4, 0.5) is 4.39 Å². The summed E-state index contributed by atoms with van der Waals surface area (Å²) in [5, 5.41) is 0. The third-order valence-corrected chi connectivity index (χ3v) is 7.54. The van der Waals surface area contributed by atoms with E-state index in [4.69, 9.17) is 4.74 Å². The fourth-order valence-electron chi connectivity index (χ4n) is 5.27. The van der Waals surface area contributed by atoms with E-state index in [9.17, 15) is 14.0 Å². The number of hydrogen-bond donors (Lipinski definition) is 0. The molecule has 3 aromatic carbocycles. The van der Waals surface area contributed by atoms with E-state index in [2.05, 4.69) is 12.1 Å². The van der Waals surface area contributed by atoms with Crippen LogP contribution in [-0.2, 0) is 36.2 Å².